The Bertz CT molecular complexity index is 904. The van der Waals surface area contributed by atoms with Crippen LogP contribution in [0.3, 0.4) is 0 Å². The average molecular weight is 355 g/mol. The molecule has 24 heavy (non-hydrogen) atoms. The van der Waals surface area contributed by atoms with Crippen LogP contribution in [0.25, 0.3) is 10.6 Å². The summed E-state index contributed by atoms with van der Waals surface area (Å²) in [6, 6.07) is 11.9. The Labute approximate surface area is 148 Å². The van der Waals surface area contributed by atoms with Crippen LogP contribution in [0, 0.1) is 0 Å². The molecule has 0 spiro atoms. The van der Waals surface area contributed by atoms with Crippen LogP contribution in [0.1, 0.15) is 5.56 Å². The number of ether oxygens (including phenoxy) is 1. The minimum Gasteiger partial charge on any atom is -0.497 e. The van der Waals surface area contributed by atoms with E-state index in [2.05, 4.69) is 33.5 Å². The molecular formula is C18H17N3OS2. The molecule has 3 aromatic rings. The highest BCUT2D eigenvalue weighted by atomic mass is 32.1. The van der Waals surface area contributed by atoms with E-state index < -0.39 is 0 Å². The van der Waals surface area contributed by atoms with Gasteiger partial charge in [0.2, 0.25) is 4.80 Å². The summed E-state index contributed by atoms with van der Waals surface area (Å²) >= 11 is 3.26. The molecule has 0 N–H and O–H groups in total. The van der Waals surface area contributed by atoms with Gasteiger partial charge >= 0.3 is 0 Å². The number of nitrogens with zero attached hydrogens (tertiary/aromatic N) is 3. The summed E-state index contributed by atoms with van der Waals surface area (Å²) in [6.07, 6.45) is 3.60. The molecule has 0 fully saturated rings. The molecule has 0 aliphatic rings. The van der Waals surface area contributed by atoms with Crippen LogP contribution in [0.2, 0.25) is 0 Å². The van der Waals surface area contributed by atoms with Gasteiger partial charge < -0.3 is 4.74 Å². The minimum absolute atomic E-state index is 0.569. The molecule has 0 unspecified atom stereocenters. The van der Waals surface area contributed by atoms with E-state index in [1.165, 1.54) is 0 Å². The highest BCUT2D eigenvalue weighted by molar-refractivity contribution is 7.14. The molecule has 6 heteroatoms. The van der Waals surface area contributed by atoms with Gasteiger partial charge in [0.05, 0.1) is 30.4 Å². The number of thiazole rings is 1. The van der Waals surface area contributed by atoms with Crippen molar-refractivity contribution in [3.8, 4) is 16.3 Å². The first-order chi connectivity index (χ1) is 11.8. The Kier molecular flexibility index (Phi) is 5.40. The Balaban J connectivity index is 2.02. The molecule has 2 heterocycles. The topological polar surface area (TPSA) is 38.9 Å². The number of methoxy groups -OCH3 is 1. The zero-order valence-electron chi connectivity index (χ0n) is 13.3. The molecular weight excluding hydrogens is 338 g/mol. The first-order valence-corrected chi connectivity index (χ1v) is 9.12. The second-order valence-corrected chi connectivity index (χ2v) is 6.63. The molecule has 0 aliphatic heterocycles. The number of aromatic nitrogens is 1. The van der Waals surface area contributed by atoms with Crippen molar-refractivity contribution in [3.05, 3.63) is 70.2 Å². The normalized spacial score (nSPS) is 12.0. The standard InChI is InChI=1S/C18H17N3OS2/c1-3-9-19-18-21(16(13-24-18)17-8-5-10-23-17)20-12-14-6-4-7-15(11-14)22-2/h3-8,10-13H,1,9H2,2H3. The molecule has 2 aromatic heterocycles. The Morgan fingerprint density at radius 2 is 2.17 bits per heavy atom. The van der Waals surface area contributed by atoms with Crippen molar-refractivity contribution in [2.75, 3.05) is 13.7 Å². The summed E-state index contributed by atoms with van der Waals surface area (Å²) in [5.41, 5.74) is 2.01. The third kappa shape index (κ3) is 3.72. The summed E-state index contributed by atoms with van der Waals surface area (Å²) in [7, 11) is 1.66. The van der Waals surface area contributed by atoms with Gasteiger partial charge in [-0.05, 0) is 29.1 Å². The third-order valence-corrected chi connectivity index (χ3v) is 4.98. The average Bonchev–Trinajstić information content (AvgIpc) is 3.27. The third-order valence-electron chi connectivity index (χ3n) is 3.23. The van der Waals surface area contributed by atoms with Crippen molar-refractivity contribution in [3.63, 3.8) is 0 Å². The van der Waals surface area contributed by atoms with Crippen molar-refractivity contribution >= 4 is 28.9 Å². The van der Waals surface area contributed by atoms with Crippen LogP contribution in [-0.2, 0) is 0 Å². The van der Waals surface area contributed by atoms with E-state index in [9.17, 15) is 0 Å². The van der Waals surface area contributed by atoms with Crippen LogP contribution in [0.15, 0.2) is 69.9 Å². The molecule has 122 valence electrons. The lowest BCUT2D eigenvalue weighted by molar-refractivity contribution is 0.415. The molecule has 0 atom stereocenters. The molecule has 4 nitrogen and oxygen atoms in total. The van der Waals surface area contributed by atoms with Gasteiger partial charge in [-0.1, -0.05) is 24.3 Å². The largest absolute Gasteiger partial charge is 0.497 e. The van der Waals surface area contributed by atoms with Gasteiger partial charge in [0.1, 0.15) is 5.75 Å². The molecule has 0 aliphatic carbocycles. The molecule has 0 bridgehead atoms. The molecule has 0 saturated carbocycles. The van der Waals surface area contributed by atoms with Gasteiger partial charge in [0.15, 0.2) is 0 Å². The summed E-state index contributed by atoms with van der Waals surface area (Å²) in [5, 5.41) is 8.79. The SMILES string of the molecule is C=CCN=c1scc(-c2cccs2)n1N=Cc1cccc(OC)c1. The lowest BCUT2D eigenvalue weighted by Gasteiger charge is -2.02. The van der Waals surface area contributed by atoms with E-state index in [0.717, 1.165) is 26.7 Å². The van der Waals surface area contributed by atoms with E-state index in [4.69, 9.17) is 4.74 Å². The summed E-state index contributed by atoms with van der Waals surface area (Å²) in [6.45, 7) is 4.29. The maximum absolute atomic E-state index is 5.26. The predicted octanol–water partition coefficient (Wildman–Crippen LogP) is 4.26. The fourth-order valence-corrected chi connectivity index (χ4v) is 3.74. The smallest absolute Gasteiger partial charge is 0.206 e. The van der Waals surface area contributed by atoms with Crippen molar-refractivity contribution in [1.29, 1.82) is 0 Å². The number of hydrogen-bond acceptors (Lipinski definition) is 5. The van der Waals surface area contributed by atoms with Crippen LogP contribution < -0.4 is 9.54 Å². The number of hydrogen-bond donors (Lipinski definition) is 0. The van der Waals surface area contributed by atoms with Crippen LogP contribution >= 0.6 is 22.7 Å². The van der Waals surface area contributed by atoms with E-state index in [1.54, 1.807) is 35.9 Å². The second kappa shape index (κ2) is 7.90. The van der Waals surface area contributed by atoms with Gasteiger partial charge in [-0.25, -0.2) is 4.68 Å². The highest BCUT2D eigenvalue weighted by Crippen LogP contribution is 2.25. The summed E-state index contributed by atoms with van der Waals surface area (Å²) < 4.78 is 7.13. The first kappa shape index (κ1) is 16.4. The lowest BCUT2D eigenvalue weighted by Crippen LogP contribution is -2.12. The summed E-state index contributed by atoms with van der Waals surface area (Å²) in [4.78, 5) is 6.54. The second-order valence-electron chi connectivity index (χ2n) is 4.84. The maximum Gasteiger partial charge on any atom is 0.206 e. The predicted molar refractivity (Wildman–Crippen MR) is 102 cm³/mol. The monoisotopic (exact) mass is 355 g/mol. The minimum atomic E-state index is 0.569. The number of thiophene rings is 1. The van der Waals surface area contributed by atoms with Gasteiger partial charge in [-0.3, -0.25) is 4.99 Å². The Morgan fingerprint density at radius 1 is 1.25 bits per heavy atom. The van der Waals surface area contributed by atoms with Crippen molar-refractivity contribution in [2.45, 2.75) is 0 Å². The molecule has 0 amide bonds. The number of benzene rings is 1. The first-order valence-electron chi connectivity index (χ1n) is 7.36. The van der Waals surface area contributed by atoms with E-state index in [1.807, 2.05) is 41.2 Å². The van der Waals surface area contributed by atoms with Crippen LogP contribution in [0.5, 0.6) is 5.75 Å². The molecule has 0 saturated heterocycles. The van der Waals surface area contributed by atoms with Crippen molar-refractivity contribution in [2.24, 2.45) is 10.1 Å². The van der Waals surface area contributed by atoms with Crippen molar-refractivity contribution in [1.82, 2.24) is 4.68 Å². The quantitative estimate of drug-likeness (QED) is 0.481. The van der Waals surface area contributed by atoms with Gasteiger partial charge in [0, 0.05) is 5.38 Å². The van der Waals surface area contributed by atoms with Crippen LogP contribution in [0.4, 0.5) is 0 Å². The van der Waals surface area contributed by atoms with Crippen LogP contribution in [-0.4, -0.2) is 24.5 Å². The molecule has 1 aromatic carbocycles. The zero-order chi connectivity index (χ0) is 16.8. The van der Waals surface area contributed by atoms with E-state index in [-0.39, 0.29) is 0 Å². The fraction of sp³-hybridized carbons (Fsp3) is 0.111. The maximum atomic E-state index is 5.26. The number of rotatable bonds is 6. The van der Waals surface area contributed by atoms with E-state index >= 15 is 0 Å². The van der Waals surface area contributed by atoms with Gasteiger partial charge in [-0.2, -0.15) is 5.10 Å². The van der Waals surface area contributed by atoms with Gasteiger partial charge in [0.25, 0.3) is 0 Å². The summed E-state index contributed by atoms with van der Waals surface area (Å²) in [5.74, 6) is 0.810. The molecule has 0 radical (unpaired) electrons. The van der Waals surface area contributed by atoms with E-state index in [0.29, 0.717) is 6.54 Å². The lowest BCUT2D eigenvalue weighted by atomic mass is 10.2. The van der Waals surface area contributed by atoms with Crippen molar-refractivity contribution < 1.29 is 4.74 Å². The van der Waals surface area contributed by atoms with Gasteiger partial charge in [-0.15, -0.1) is 29.3 Å². The highest BCUT2D eigenvalue weighted by Gasteiger charge is 2.07. The fourth-order valence-electron chi connectivity index (χ4n) is 2.10. The Hall–Kier alpha value is -2.44. The molecule has 3 rings (SSSR count). The zero-order valence-corrected chi connectivity index (χ0v) is 14.9. The Morgan fingerprint density at radius 3 is 2.92 bits per heavy atom.